The summed E-state index contributed by atoms with van der Waals surface area (Å²) in [6.45, 7) is 4.52. The molecule has 3 amide bonds. The molecule has 1 atom stereocenters. The first kappa shape index (κ1) is 14.8. The van der Waals surface area contributed by atoms with E-state index in [9.17, 15) is 9.59 Å². The predicted octanol–water partition coefficient (Wildman–Crippen LogP) is 2.58. The van der Waals surface area contributed by atoms with Crippen LogP contribution in [0.2, 0.25) is 0 Å². The van der Waals surface area contributed by atoms with E-state index in [1.165, 1.54) is 0 Å². The molecule has 5 nitrogen and oxygen atoms in total. The number of urea groups is 1. The Balaban J connectivity index is 1.90. The lowest BCUT2D eigenvalue weighted by atomic mass is 10.2. The third-order valence-corrected chi connectivity index (χ3v) is 3.93. The highest BCUT2D eigenvalue weighted by Crippen LogP contribution is 2.21. The number of benzene rings is 1. The van der Waals surface area contributed by atoms with E-state index in [4.69, 9.17) is 0 Å². The monoisotopic (exact) mass is 339 g/mol. The van der Waals surface area contributed by atoms with Crippen LogP contribution in [-0.4, -0.2) is 35.5 Å². The molecular formula is C14H18BrN3O2. The molecule has 1 aromatic carbocycles. The van der Waals surface area contributed by atoms with E-state index in [1.54, 1.807) is 4.90 Å². The van der Waals surface area contributed by atoms with Crippen LogP contribution < -0.4 is 10.6 Å². The van der Waals surface area contributed by atoms with Gasteiger partial charge in [0, 0.05) is 23.5 Å². The SMILES string of the molecule is CC(C)N1CC(NC(=O)Nc2ccccc2Br)CC1=O. The largest absolute Gasteiger partial charge is 0.338 e. The van der Waals surface area contributed by atoms with E-state index >= 15 is 0 Å². The molecule has 1 aromatic rings. The summed E-state index contributed by atoms with van der Waals surface area (Å²) in [7, 11) is 0. The minimum absolute atomic E-state index is 0.0891. The van der Waals surface area contributed by atoms with Crippen LogP contribution in [0.4, 0.5) is 10.5 Å². The molecule has 1 heterocycles. The van der Waals surface area contributed by atoms with Crippen molar-refractivity contribution in [1.29, 1.82) is 0 Å². The number of amides is 3. The molecule has 2 rings (SSSR count). The average molecular weight is 340 g/mol. The van der Waals surface area contributed by atoms with Crippen LogP contribution in [0.1, 0.15) is 20.3 Å². The molecular weight excluding hydrogens is 322 g/mol. The van der Waals surface area contributed by atoms with Gasteiger partial charge in [0.15, 0.2) is 0 Å². The van der Waals surface area contributed by atoms with Gasteiger partial charge in [-0.2, -0.15) is 0 Å². The Kier molecular flexibility index (Phi) is 4.65. The van der Waals surface area contributed by atoms with Gasteiger partial charge in [-0.05, 0) is 41.9 Å². The van der Waals surface area contributed by atoms with Crippen molar-refractivity contribution >= 4 is 33.6 Å². The lowest BCUT2D eigenvalue weighted by Crippen LogP contribution is -2.40. The molecule has 0 aliphatic carbocycles. The third kappa shape index (κ3) is 3.50. The maximum absolute atomic E-state index is 11.9. The first-order valence-electron chi connectivity index (χ1n) is 6.59. The molecule has 0 aromatic heterocycles. The second-order valence-electron chi connectivity index (χ2n) is 5.12. The number of hydrogen-bond donors (Lipinski definition) is 2. The van der Waals surface area contributed by atoms with Crippen molar-refractivity contribution in [2.45, 2.75) is 32.4 Å². The fraction of sp³-hybridized carbons (Fsp3) is 0.429. The number of anilines is 1. The smallest absolute Gasteiger partial charge is 0.319 e. The van der Waals surface area contributed by atoms with Crippen molar-refractivity contribution in [3.05, 3.63) is 28.7 Å². The normalized spacial score (nSPS) is 18.5. The van der Waals surface area contributed by atoms with Crippen molar-refractivity contribution in [3.8, 4) is 0 Å². The molecule has 2 N–H and O–H groups in total. The minimum Gasteiger partial charge on any atom is -0.338 e. The summed E-state index contributed by atoms with van der Waals surface area (Å²) in [6, 6.07) is 7.14. The van der Waals surface area contributed by atoms with E-state index in [0.717, 1.165) is 4.47 Å². The highest BCUT2D eigenvalue weighted by molar-refractivity contribution is 9.10. The van der Waals surface area contributed by atoms with Gasteiger partial charge in [-0.1, -0.05) is 12.1 Å². The maximum Gasteiger partial charge on any atom is 0.319 e. The Morgan fingerprint density at radius 1 is 1.40 bits per heavy atom. The molecule has 6 heteroatoms. The predicted molar refractivity (Wildman–Crippen MR) is 81.6 cm³/mol. The van der Waals surface area contributed by atoms with Crippen LogP contribution in [-0.2, 0) is 4.79 Å². The van der Waals surface area contributed by atoms with Crippen LogP contribution >= 0.6 is 15.9 Å². The van der Waals surface area contributed by atoms with Gasteiger partial charge in [0.05, 0.1) is 11.7 Å². The van der Waals surface area contributed by atoms with E-state index in [2.05, 4.69) is 26.6 Å². The number of hydrogen-bond acceptors (Lipinski definition) is 2. The third-order valence-electron chi connectivity index (χ3n) is 3.24. The highest BCUT2D eigenvalue weighted by atomic mass is 79.9. The van der Waals surface area contributed by atoms with Gasteiger partial charge < -0.3 is 15.5 Å². The summed E-state index contributed by atoms with van der Waals surface area (Å²) in [4.78, 5) is 25.5. The Bertz CT molecular complexity index is 519. The number of nitrogens with one attached hydrogen (secondary N) is 2. The molecule has 0 radical (unpaired) electrons. The number of likely N-dealkylation sites (tertiary alicyclic amines) is 1. The van der Waals surface area contributed by atoms with Crippen molar-refractivity contribution in [2.24, 2.45) is 0 Å². The van der Waals surface area contributed by atoms with Gasteiger partial charge in [-0.15, -0.1) is 0 Å². The first-order valence-corrected chi connectivity index (χ1v) is 7.38. The van der Waals surface area contributed by atoms with Crippen molar-refractivity contribution < 1.29 is 9.59 Å². The zero-order valence-corrected chi connectivity index (χ0v) is 13.1. The molecule has 0 spiro atoms. The molecule has 1 saturated heterocycles. The molecule has 1 fully saturated rings. The Morgan fingerprint density at radius 3 is 2.70 bits per heavy atom. The highest BCUT2D eigenvalue weighted by Gasteiger charge is 2.31. The van der Waals surface area contributed by atoms with Gasteiger partial charge in [0.25, 0.3) is 0 Å². The molecule has 0 saturated carbocycles. The molecule has 1 aliphatic rings. The lowest BCUT2D eigenvalue weighted by molar-refractivity contribution is -0.129. The van der Waals surface area contributed by atoms with Crippen molar-refractivity contribution in [2.75, 3.05) is 11.9 Å². The molecule has 20 heavy (non-hydrogen) atoms. The van der Waals surface area contributed by atoms with E-state index < -0.39 is 0 Å². The number of nitrogens with zero attached hydrogens (tertiary/aromatic N) is 1. The summed E-state index contributed by atoms with van der Waals surface area (Å²) in [5, 5.41) is 5.61. The van der Waals surface area contributed by atoms with Gasteiger partial charge in [0.2, 0.25) is 5.91 Å². The van der Waals surface area contributed by atoms with E-state index in [1.807, 2.05) is 38.1 Å². The summed E-state index contributed by atoms with van der Waals surface area (Å²) < 4.78 is 0.821. The standard InChI is InChI=1S/C14H18BrN3O2/c1-9(2)18-8-10(7-13(18)19)16-14(20)17-12-6-4-3-5-11(12)15/h3-6,9-10H,7-8H2,1-2H3,(H2,16,17,20). The minimum atomic E-state index is -0.291. The Morgan fingerprint density at radius 2 is 2.10 bits per heavy atom. The maximum atomic E-state index is 11.9. The fourth-order valence-electron chi connectivity index (χ4n) is 2.23. The second kappa shape index (κ2) is 6.26. The van der Waals surface area contributed by atoms with E-state index in [-0.39, 0.29) is 24.0 Å². The molecule has 0 bridgehead atoms. The van der Waals surface area contributed by atoms with E-state index in [0.29, 0.717) is 18.7 Å². The van der Waals surface area contributed by atoms with Gasteiger partial charge in [-0.25, -0.2) is 4.79 Å². The Hall–Kier alpha value is -1.56. The molecule has 108 valence electrons. The van der Waals surface area contributed by atoms with Crippen LogP contribution in [0.25, 0.3) is 0 Å². The summed E-state index contributed by atoms with van der Waals surface area (Å²) in [5.74, 6) is 0.0891. The van der Waals surface area contributed by atoms with Crippen molar-refractivity contribution in [1.82, 2.24) is 10.2 Å². The summed E-state index contributed by atoms with van der Waals surface area (Å²) >= 11 is 3.37. The topological polar surface area (TPSA) is 61.4 Å². The molecule has 1 unspecified atom stereocenters. The lowest BCUT2D eigenvalue weighted by Gasteiger charge is -2.21. The molecule has 1 aliphatic heterocycles. The van der Waals surface area contributed by atoms with Crippen LogP contribution in [0.3, 0.4) is 0 Å². The first-order chi connectivity index (χ1) is 9.47. The fourth-order valence-corrected chi connectivity index (χ4v) is 2.62. The van der Waals surface area contributed by atoms with Gasteiger partial charge in [0.1, 0.15) is 0 Å². The zero-order chi connectivity index (χ0) is 14.7. The second-order valence-corrected chi connectivity index (χ2v) is 5.97. The van der Waals surface area contributed by atoms with Gasteiger partial charge in [-0.3, -0.25) is 4.79 Å². The number of halogens is 1. The zero-order valence-electron chi connectivity index (χ0n) is 11.5. The van der Waals surface area contributed by atoms with Crippen LogP contribution in [0.15, 0.2) is 28.7 Å². The van der Waals surface area contributed by atoms with Crippen LogP contribution in [0, 0.1) is 0 Å². The number of carbonyl (C=O) groups is 2. The summed E-state index contributed by atoms with van der Waals surface area (Å²) in [5.41, 5.74) is 0.704. The number of carbonyl (C=O) groups excluding carboxylic acids is 2. The number of rotatable bonds is 3. The van der Waals surface area contributed by atoms with Crippen molar-refractivity contribution in [3.63, 3.8) is 0 Å². The quantitative estimate of drug-likeness (QED) is 0.888. The number of para-hydroxylation sites is 1. The summed E-state index contributed by atoms with van der Waals surface area (Å²) in [6.07, 6.45) is 0.363. The average Bonchev–Trinajstić information content (AvgIpc) is 2.73. The van der Waals surface area contributed by atoms with Gasteiger partial charge >= 0.3 is 6.03 Å². The van der Waals surface area contributed by atoms with Crippen LogP contribution in [0.5, 0.6) is 0 Å². The Labute approximate surface area is 126 Å².